The molecule has 0 saturated carbocycles. The maximum Gasteiger partial charge on any atom is 0.127 e. The van der Waals surface area contributed by atoms with E-state index in [-0.39, 0.29) is 6.61 Å². The van der Waals surface area contributed by atoms with Crippen molar-refractivity contribution in [2.45, 2.75) is 19.4 Å². The first-order valence-corrected chi connectivity index (χ1v) is 4.16. The van der Waals surface area contributed by atoms with Crippen LogP contribution in [0.4, 0.5) is 0 Å². The van der Waals surface area contributed by atoms with Crippen LogP contribution in [0.5, 0.6) is 5.75 Å². The molecule has 0 aliphatic carbocycles. The van der Waals surface area contributed by atoms with Crippen LogP contribution >= 0.6 is 0 Å². The summed E-state index contributed by atoms with van der Waals surface area (Å²) in [4.78, 5) is 0. The zero-order valence-corrected chi connectivity index (χ0v) is 7.19. The van der Waals surface area contributed by atoms with E-state index in [2.05, 4.69) is 0 Å². The molecule has 0 heterocycles. The topological polar surface area (TPSA) is 29.1 Å². The highest BCUT2D eigenvalue weighted by Gasteiger charge is 2.02. The zero-order chi connectivity index (χ0) is 8.81. The smallest absolute Gasteiger partial charge is 0.127 e. The van der Waals surface area contributed by atoms with Crippen molar-refractivity contribution in [1.82, 2.24) is 0 Å². The molecule has 0 N–H and O–H groups in total. The van der Waals surface area contributed by atoms with E-state index in [9.17, 15) is 5.11 Å². The van der Waals surface area contributed by atoms with Crippen LogP contribution in [-0.2, 0) is 5.11 Å². The van der Waals surface area contributed by atoms with Gasteiger partial charge in [0.05, 0.1) is 0 Å². The molecule has 0 aliphatic rings. The van der Waals surface area contributed by atoms with E-state index >= 15 is 0 Å². The van der Waals surface area contributed by atoms with Gasteiger partial charge in [0.25, 0.3) is 0 Å². The van der Waals surface area contributed by atoms with Crippen molar-refractivity contribution in [3.8, 4) is 5.75 Å². The van der Waals surface area contributed by atoms with Crippen molar-refractivity contribution in [2.24, 2.45) is 0 Å². The Morgan fingerprint density at radius 2 is 2.00 bits per heavy atom. The lowest BCUT2D eigenvalue weighted by Gasteiger charge is -2.07. The van der Waals surface area contributed by atoms with E-state index in [1.807, 2.05) is 37.3 Å². The molecule has 0 unspecified atom stereocenters. The Kier molecular flexibility index (Phi) is 3.61. The molecule has 0 spiro atoms. The third-order valence-corrected chi connectivity index (χ3v) is 1.63. The Labute approximate surface area is 72.8 Å². The van der Waals surface area contributed by atoms with E-state index in [0.717, 1.165) is 5.75 Å². The molecule has 1 rings (SSSR count). The summed E-state index contributed by atoms with van der Waals surface area (Å²) in [5, 5.41) is 10.9. The third kappa shape index (κ3) is 2.93. The Morgan fingerprint density at radius 1 is 1.33 bits per heavy atom. The summed E-state index contributed by atoms with van der Waals surface area (Å²) in [5.74, 6) is 0.770. The first kappa shape index (κ1) is 9.07. The van der Waals surface area contributed by atoms with Gasteiger partial charge in [0.1, 0.15) is 18.5 Å². The number of hydrogen-bond acceptors (Lipinski definition) is 1. The van der Waals surface area contributed by atoms with Gasteiger partial charge >= 0.3 is 0 Å². The summed E-state index contributed by atoms with van der Waals surface area (Å²) in [6.45, 7) is 2.13. The Balaban J connectivity index is 2.33. The van der Waals surface area contributed by atoms with Crippen molar-refractivity contribution in [2.75, 3.05) is 6.61 Å². The van der Waals surface area contributed by atoms with Crippen molar-refractivity contribution >= 4 is 0 Å². The molecular formula is C10H13O2. The first-order chi connectivity index (χ1) is 5.83. The Morgan fingerprint density at radius 3 is 2.58 bits per heavy atom. The molecule has 2 heteroatoms. The largest absolute Gasteiger partial charge is 0.491 e. The molecule has 1 atom stereocenters. The summed E-state index contributed by atoms with van der Waals surface area (Å²) in [6, 6.07) is 9.40. The van der Waals surface area contributed by atoms with Crippen LogP contribution in [0.15, 0.2) is 30.3 Å². The van der Waals surface area contributed by atoms with Crippen LogP contribution in [0.25, 0.3) is 0 Å². The minimum absolute atomic E-state index is 0.264. The number of rotatable bonds is 4. The molecule has 0 saturated heterocycles. The van der Waals surface area contributed by atoms with E-state index in [1.165, 1.54) is 0 Å². The van der Waals surface area contributed by atoms with Crippen molar-refractivity contribution in [1.29, 1.82) is 0 Å². The lowest BCUT2D eigenvalue weighted by atomic mass is 10.3. The summed E-state index contributed by atoms with van der Waals surface area (Å²) >= 11 is 0. The van der Waals surface area contributed by atoms with Crippen LogP contribution in [0.2, 0.25) is 0 Å². The molecule has 0 bridgehead atoms. The molecule has 2 nitrogen and oxygen atoms in total. The molecule has 65 valence electrons. The summed E-state index contributed by atoms with van der Waals surface area (Å²) in [5.41, 5.74) is 0. The number of ether oxygens (including phenoxy) is 1. The molecule has 0 aromatic heterocycles. The fourth-order valence-corrected chi connectivity index (χ4v) is 0.824. The summed E-state index contributed by atoms with van der Waals surface area (Å²) < 4.78 is 5.25. The normalized spacial score (nSPS) is 12.5. The van der Waals surface area contributed by atoms with Crippen LogP contribution in [0, 0.1) is 0 Å². The van der Waals surface area contributed by atoms with Gasteiger partial charge in [-0.05, 0) is 18.6 Å². The first-order valence-electron chi connectivity index (χ1n) is 4.16. The van der Waals surface area contributed by atoms with E-state index < -0.39 is 6.10 Å². The third-order valence-electron chi connectivity index (χ3n) is 1.63. The second-order valence-electron chi connectivity index (χ2n) is 2.65. The maximum atomic E-state index is 10.9. The van der Waals surface area contributed by atoms with Crippen molar-refractivity contribution < 1.29 is 9.84 Å². The van der Waals surface area contributed by atoms with Gasteiger partial charge < -0.3 is 4.74 Å². The second kappa shape index (κ2) is 4.78. The average Bonchev–Trinajstić information content (AvgIpc) is 2.16. The van der Waals surface area contributed by atoms with Crippen LogP contribution in [0.3, 0.4) is 0 Å². The van der Waals surface area contributed by atoms with Crippen LogP contribution in [0.1, 0.15) is 13.3 Å². The Hall–Kier alpha value is -1.02. The molecule has 12 heavy (non-hydrogen) atoms. The molecule has 1 aromatic carbocycles. The van der Waals surface area contributed by atoms with E-state index in [0.29, 0.717) is 6.42 Å². The quantitative estimate of drug-likeness (QED) is 0.672. The van der Waals surface area contributed by atoms with Gasteiger partial charge in [0.15, 0.2) is 0 Å². The average molecular weight is 165 g/mol. The molecule has 0 amide bonds. The van der Waals surface area contributed by atoms with Gasteiger partial charge in [-0.15, -0.1) is 0 Å². The second-order valence-corrected chi connectivity index (χ2v) is 2.65. The zero-order valence-electron chi connectivity index (χ0n) is 7.19. The van der Waals surface area contributed by atoms with Gasteiger partial charge in [0, 0.05) is 0 Å². The standard InChI is InChI=1S/C10H13O2/c1-2-9(11)8-12-10-6-4-3-5-7-10/h3-7,9H,2,8H2,1H3/t9-/m1/s1. The predicted octanol–water partition coefficient (Wildman–Crippen LogP) is 2.27. The molecule has 1 aromatic rings. The van der Waals surface area contributed by atoms with Gasteiger partial charge in [-0.2, -0.15) is 0 Å². The highest BCUT2D eigenvalue weighted by atomic mass is 16.5. The highest BCUT2D eigenvalue weighted by molar-refractivity contribution is 5.20. The lowest BCUT2D eigenvalue weighted by molar-refractivity contribution is 0.0417. The van der Waals surface area contributed by atoms with Gasteiger partial charge in [0.2, 0.25) is 0 Å². The number of hydrogen-bond donors (Lipinski definition) is 0. The van der Waals surface area contributed by atoms with Crippen LogP contribution in [-0.4, -0.2) is 12.7 Å². The van der Waals surface area contributed by atoms with E-state index in [4.69, 9.17) is 4.74 Å². The SMILES string of the molecule is CC[C@@H]([O])COc1ccccc1. The van der Waals surface area contributed by atoms with Crippen molar-refractivity contribution in [3.63, 3.8) is 0 Å². The lowest BCUT2D eigenvalue weighted by Crippen LogP contribution is -2.14. The summed E-state index contributed by atoms with van der Waals surface area (Å²) in [6.07, 6.45) is 0.0116. The Bertz CT molecular complexity index is 208. The molecule has 0 fully saturated rings. The van der Waals surface area contributed by atoms with Gasteiger partial charge in [-0.25, -0.2) is 5.11 Å². The number of benzene rings is 1. The maximum absolute atomic E-state index is 10.9. The van der Waals surface area contributed by atoms with Gasteiger partial charge in [-0.3, -0.25) is 0 Å². The monoisotopic (exact) mass is 165 g/mol. The minimum atomic E-state index is -0.606. The number of para-hydroxylation sites is 1. The highest BCUT2D eigenvalue weighted by Crippen LogP contribution is 2.08. The fourth-order valence-electron chi connectivity index (χ4n) is 0.824. The molecule has 1 radical (unpaired) electrons. The van der Waals surface area contributed by atoms with Gasteiger partial charge in [-0.1, -0.05) is 25.1 Å². The predicted molar refractivity (Wildman–Crippen MR) is 46.7 cm³/mol. The van der Waals surface area contributed by atoms with E-state index in [1.54, 1.807) is 0 Å². The van der Waals surface area contributed by atoms with Crippen molar-refractivity contribution in [3.05, 3.63) is 30.3 Å². The minimum Gasteiger partial charge on any atom is -0.491 e. The molecular weight excluding hydrogens is 152 g/mol. The fraction of sp³-hybridized carbons (Fsp3) is 0.400. The summed E-state index contributed by atoms with van der Waals surface area (Å²) in [7, 11) is 0. The molecule has 0 aliphatic heterocycles. The van der Waals surface area contributed by atoms with Crippen LogP contribution < -0.4 is 4.74 Å².